The number of amides is 1. The molecule has 1 heterocycles. The summed E-state index contributed by atoms with van der Waals surface area (Å²) in [6.45, 7) is 1.73. The molecule has 1 amide bonds. The Morgan fingerprint density at radius 3 is 2.65 bits per heavy atom. The van der Waals surface area contributed by atoms with E-state index in [0.717, 1.165) is 18.7 Å². The minimum atomic E-state index is -0.762. The van der Waals surface area contributed by atoms with Crippen molar-refractivity contribution in [2.24, 2.45) is 0 Å². The normalized spacial score (nSPS) is 19.3. The van der Waals surface area contributed by atoms with Crippen LogP contribution in [0.2, 0.25) is 0 Å². The molecule has 110 valence electrons. The van der Waals surface area contributed by atoms with E-state index in [1.807, 2.05) is 30.3 Å². The maximum absolute atomic E-state index is 12.3. The first-order chi connectivity index (χ1) is 9.68. The van der Waals surface area contributed by atoms with Crippen LogP contribution in [0, 0.1) is 0 Å². The largest absolute Gasteiger partial charge is 0.387 e. The van der Waals surface area contributed by atoms with Gasteiger partial charge >= 0.3 is 0 Å². The van der Waals surface area contributed by atoms with Gasteiger partial charge in [0, 0.05) is 13.7 Å². The highest BCUT2D eigenvalue weighted by molar-refractivity contribution is 5.85. The lowest BCUT2D eigenvalue weighted by Gasteiger charge is -2.35. The van der Waals surface area contributed by atoms with Crippen LogP contribution >= 0.6 is 0 Å². The van der Waals surface area contributed by atoms with Gasteiger partial charge in [0.2, 0.25) is 0 Å². The topological polar surface area (TPSA) is 70.6 Å². The Bertz CT molecular complexity index is 430. The van der Waals surface area contributed by atoms with Crippen molar-refractivity contribution in [1.82, 2.24) is 10.6 Å². The third-order valence-electron chi connectivity index (χ3n) is 3.86. The van der Waals surface area contributed by atoms with Gasteiger partial charge in [0.1, 0.15) is 5.60 Å². The molecular weight excluding hydrogens is 256 g/mol. The lowest BCUT2D eigenvalue weighted by atomic mass is 9.91. The number of carbonyl (C=O) groups is 1. The molecule has 0 spiro atoms. The molecule has 1 atom stereocenters. The van der Waals surface area contributed by atoms with Crippen molar-refractivity contribution in [2.75, 3.05) is 26.7 Å². The molecule has 0 aromatic heterocycles. The molecule has 1 aliphatic heterocycles. The highest BCUT2D eigenvalue weighted by atomic mass is 16.5. The quantitative estimate of drug-likeness (QED) is 0.738. The molecule has 5 nitrogen and oxygen atoms in total. The molecule has 1 aromatic carbocycles. The fourth-order valence-corrected chi connectivity index (χ4v) is 2.50. The van der Waals surface area contributed by atoms with Crippen molar-refractivity contribution in [3.8, 4) is 0 Å². The van der Waals surface area contributed by atoms with Gasteiger partial charge in [0.15, 0.2) is 0 Å². The fraction of sp³-hybridized carbons (Fsp3) is 0.533. The summed E-state index contributed by atoms with van der Waals surface area (Å²) in [5.41, 5.74) is 0.0337. The van der Waals surface area contributed by atoms with Crippen LogP contribution in [-0.4, -0.2) is 43.4 Å². The summed E-state index contributed by atoms with van der Waals surface area (Å²) >= 11 is 0. The van der Waals surface area contributed by atoms with Gasteiger partial charge in [-0.25, -0.2) is 0 Å². The second-order valence-corrected chi connectivity index (χ2v) is 5.08. The smallest absolute Gasteiger partial charge is 0.252 e. The predicted octanol–water partition coefficient (Wildman–Crippen LogP) is 0.605. The molecule has 1 saturated heterocycles. The van der Waals surface area contributed by atoms with Crippen molar-refractivity contribution in [3.63, 3.8) is 0 Å². The average Bonchev–Trinajstić information content (AvgIpc) is 2.53. The number of carbonyl (C=O) groups excluding carboxylic acids is 1. The lowest BCUT2D eigenvalue weighted by molar-refractivity contribution is -0.147. The number of nitrogens with one attached hydrogen (secondary N) is 2. The Kier molecular flexibility index (Phi) is 5.11. The van der Waals surface area contributed by atoms with E-state index in [-0.39, 0.29) is 12.5 Å². The first-order valence-corrected chi connectivity index (χ1v) is 6.95. The number of ether oxygens (including phenoxy) is 1. The number of piperidine rings is 1. The van der Waals surface area contributed by atoms with Crippen molar-refractivity contribution in [2.45, 2.75) is 24.5 Å². The Labute approximate surface area is 119 Å². The number of benzene rings is 1. The van der Waals surface area contributed by atoms with Crippen LogP contribution in [0.4, 0.5) is 0 Å². The molecule has 1 unspecified atom stereocenters. The van der Waals surface area contributed by atoms with Crippen LogP contribution in [0.5, 0.6) is 0 Å². The third kappa shape index (κ3) is 3.36. The fourth-order valence-electron chi connectivity index (χ4n) is 2.50. The number of hydrogen-bond donors (Lipinski definition) is 3. The molecule has 1 aliphatic rings. The summed E-state index contributed by atoms with van der Waals surface area (Å²) in [6, 6.07) is 9.30. The maximum atomic E-state index is 12.3. The molecule has 3 N–H and O–H groups in total. The molecule has 0 saturated carbocycles. The first-order valence-electron chi connectivity index (χ1n) is 6.95. The van der Waals surface area contributed by atoms with E-state index in [4.69, 9.17) is 4.74 Å². The van der Waals surface area contributed by atoms with Crippen LogP contribution in [0.25, 0.3) is 0 Å². The molecular formula is C15H22N2O3. The molecule has 5 heteroatoms. The van der Waals surface area contributed by atoms with E-state index in [1.54, 1.807) is 7.11 Å². The van der Waals surface area contributed by atoms with Crippen LogP contribution < -0.4 is 10.6 Å². The zero-order chi connectivity index (χ0) is 14.4. The summed E-state index contributed by atoms with van der Waals surface area (Å²) in [4.78, 5) is 12.3. The monoisotopic (exact) mass is 278 g/mol. The Morgan fingerprint density at radius 2 is 2.05 bits per heavy atom. The number of methoxy groups -OCH3 is 1. The molecule has 2 rings (SSSR count). The van der Waals surface area contributed by atoms with Gasteiger partial charge in [-0.3, -0.25) is 4.79 Å². The number of rotatable bonds is 5. The van der Waals surface area contributed by atoms with Crippen LogP contribution in [-0.2, 0) is 9.53 Å². The summed E-state index contributed by atoms with van der Waals surface area (Å²) in [5, 5.41) is 16.1. The molecule has 0 bridgehead atoms. The summed E-state index contributed by atoms with van der Waals surface area (Å²) < 4.78 is 5.44. The van der Waals surface area contributed by atoms with Gasteiger partial charge in [0.25, 0.3) is 5.91 Å². The van der Waals surface area contributed by atoms with Crippen LogP contribution in [0.15, 0.2) is 30.3 Å². The first kappa shape index (κ1) is 15.0. The van der Waals surface area contributed by atoms with Crippen molar-refractivity contribution in [3.05, 3.63) is 35.9 Å². The highest BCUT2D eigenvalue weighted by Crippen LogP contribution is 2.23. The van der Waals surface area contributed by atoms with Crippen molar-refractivity contribution >= 4 is 5.91 Å². The third-order valence-corrected chi connectivity index (χ3v) is 3.86. The van der Waals surface area contributed by atoms with Gasteiger partial charge in [0.05, 0.1) is 6.10 Å². The molecule has 0 radical (unpaired) electrons. The van der Waals surface area contributed by atoms with E-state index in [2.05, 4.69) is 10.6 Å². The summed E-state index contributed by atoms with van der Waals surface area (Å²) in [7, 11) is 1.57. The van der Waals surface area contributed by atoms with Crippen LogP contribution in [0.1, 0.15) is 24.5 Å². The Balaban J connectivity index is 1.91. The lowest BCUT2D eigenvalue weighted by Crippen LogP contribution is -2.54. The molecule has 0 aliphatic carbocycles. The minimum absolute atomic E-state index is 0.142. The standard InChI is InChI=1S/C15H22N2O3/c1-20-15(7-9-16-10-8-15)14(19)17-11-13(18)12-5-3-2-4-6-12/h2-6,13,16,18H,7-11H2,1H3,(H,17,19). The van der Waals surface area contributed by atoms with Gasteiger partial charge in [-0.15, -0.1) is 0 Å². The SMILES string of the molecule is COC1(C(=O)NCC(O)c2ccccc2)CCNCC1. The van der Waals surface area contributed by atoms with Gasteiger partial charge in [-0.2, -0.15) is 0 Å². The Hall–Kier alpha value is -1.43. The van der Waals surface area contributed by atoms with Gasteiger partial charge in [-0.1, -0.05) is 30.3 Å². The van der Waals surface area contributed by atoms with E-state index in [1.165, 1.54) is 0 Å². The predicted molar refractivity (Wildman–Crippen MR) is 76.3 cm³/mol. The van der Waals surface area contributed by atoms with E-state index in [0.29, 0.717) is 12.8 Å². The summed E-state index contributed by atoms with van der Waals surface area (Å²) in [5.74, 6) is -0.142. The summed E-state index contributed by atoms with van der Waals surface area (Å²) in [6.07, 6.45) is 0.601. The van der Waals surface area contributed by atoms with Crippen molar-refractivity contribution < 1.29 is 14.6 Å². The van der Waals surface area contributed by atoms with E-state index < -0.39 is 11.7 Å². The second kappa shape index (κ2) is 6.83. The maximum Gasteiger partial charge on any atom is 0.252 e. The van der Waals surface area contributed by atoms with E-state index >= 15 is 0 Å². The highest BCUT2D eigenvalue weighted by Gasteiger charge is 2.39. The molecule has 1 aromatic rings. The molecule has 1 fully saturated rings. The zero-order valence-electron chi connectivity index (χ0n) is 11.8. The Morgan fingerprint density at radius 1 is 1.40 bits per heavy atom. The minimum Gasteiger partial charge on any atom is -0.387 e. The van der Waals surface area contributed by atoms with Gasteiger partial charge in [-0.05, 0) is 31.5 Å². The average molecular weight is 278 g/mol. The van der Waals surface area contributed by atoms with E-state index in [9.17, 15) is 9.90 Å². The van der Waals surface area contributed by atoms with Crippen LogP contribution in [0.3, 0.4) is 0 Å². The zero-order valence-corrected chi connectivity index (χ0v) is 11.8. The second-order valence-electron chi connectivity index (χ2n) is 5.08. The van der Waals surface area contributed by atoms with Gasteiger partial charge < -0.3 is 20.5 Å². The number of aliphatic hydroxyl groups is 1. The van der Waals surface area contributed by atoms with Crippen molar-refractivity contribution in [1.29, 1.82) is 0 Å². The molecule has 20 heavy (non-hydrogen) atoms. The number of hydrogen-bond acceptors (Lipinski definition) is 4. The number of aliphatic hydroxyl groups excluding tert-OH is 1.